The zero-order chi connectivity index (χ0) is 12.3. The van der Waals surface area contributed by atoms with Gasteiger partial charge in [-0.1, -0.05) is 23.2 Å². The van der Waals surface area contributed by atoms with Crippen LogP contribution in [0.2, 0.25) is 10.0 Å². The van der Waals surface area contributed by atoms with Gasteiger partial charge >= 0.3 is 0 Å². The molecule has 0 radical (unpaired) electrons. The molecule has 0 atom stereocenters. The average molecular weight is 349 g/mol. The Morgan fingerprint density at radius 3 is 2.50 bits per heavy atom. The third-order valence-electron chi connectivity index (χ3n) is 1.60. The predicted molar refractivity (Wildman–Crippen MR) is 67.6 cm³/mol. The maximum Gasteiger partial charge on any atom is 0.212 e. The fourth-order valence-electron chi connectivity index (χ4n) is 0.883. The Morgan fingerprint density at radius 2 is 1.94 bits per heavy atom. The first-order valence-corrected chi connectivity index (χ1v) is 7.34. The van der Waals surface area contributed by atoms with E-state index in [0.29, 0.717) is 20.3 Å². The van der Waals surface area contributed by atoms with Crippen LogP contribution in [0, 0.1) is 0 Å². The van der Waals surface area contributed by atoms with Crippen molar-refractivity contribution in [1.29, 1.82) is 0 Å². The van der Waals surface area contributed by atoms with Crippen molar-refractivity contribution in [2.24, 2.45) is 5.14 Å². The molecule has 1 aromatic carbocycles. The first kappa shape index (κ1) is 14.1. The molecular weight excluding hydrogens is 341 g/mol. The van der Waals surface area contributed by atoms with Crippen LogP contribution >= 0.6 is 39.1 Å². The van der Waals surface area contributed by atoms with E-state index in [9.17, 15) is 8.42 Å². The van der Waals surface area contributed by atoms with Crippen molar-refractivity contribution in [1.82, 2.24) is 0 Å². The highest BCUT2D eigenvalue weighted by atomic mass is 79.9. The van der Waals surface area contributed by atoms with Crippen molar-refractivity contribution in [2.45, 2.75) is 0 Å². The molecule has 2 N–H and O–H groups in total. The minimum Gasteiger partial charge on any atom is -0.491 e. The third-order valence-corrected chi connectivity index (χ3v) is 3.83. The fraction of sp³-hybridized carbons (Fsp3) is 0.250. The van der Waals surface area contributed by atoms with Gasteiger partial charge in [0.15, 0.2) is 0 Å². The molecule has 16 heavy (non-hydrogen) atoms. The van der Waals surface area contributed by atoms with Crippen molar-refractivity contribution in [3.63, 3.8) is 0 Å². The van der Waals surface area contributed by atoms with Crippen LogP contribution < -0.4 is 9.88 Å². The molecule has 0 amide bonds. The zero-order valence-electron chi connectivity index (χ0n) is 7.91. The van der Waals surface area contributed by atoms with E-state index >= 15 is 0 Å². The highest BCUT2D eigenvalue weighted by Gasteiger charge is 2.08. The van der Waals surface area contributed by atoms with Crippen LogP contribution in [0.15, 0.2) is 16.6 Å². The summed E-state index contributed by atoms with van der Waals surface area (Å²) in [5, 5.41) is 5.58. The lowest BCUT2D eigenvalue weighted by Crippen LogP contribution is -2.21. The summed E-state index contributed by atoms with van der Waals surface area (Å²) in [6.07, 6.45) is 0. The second kappa shape index (κ2) is 5.55. The predicted octanol–water partition coefficient (Wildman–Crippen LogP) is 2.42. The number of primary sulfonamides is 1. The summed E-state index contributed by atoms with van der Waals surface area (Å²) in [7, 11) is -3.54. The number of sulfonamides is 1. The first-order chi connectivity index (χ1) is 7.29. The summed E-state index contributed by atoms with van der Waals surface area (Å²) >= 11 is 14.9. The minimum atomic E-state index is -3.54. The molecule has 0 aliphatic heterocycles. The number of rotatable bonds is 4. The van der Waals surface area contributed by atoms with Gasteiger partial charge in [0.05, 0.1) is 15.8 Å². The molecule has 0 aliphatic rings. The third kappa shape index (κ3) is 4.47. The topological polar surface area (TPSA) is 69.4 Å². The van der Waals surface area contributed by atoms with Gasteiger partial charge in [0.1, 0.15) is 12.4 Å². The van der Waals surface area contributed by atoms with Gasteiger partial charge in [-0.05, 0) is 22.0 Å². The first-order valence-electron chi connectivity index (χ1n) is 4.07. The van der Waals surface area contributed by atoms with Gasteiger partial charge in [0.25, 0.3) is 0 Å². The highest BCUT2D eigenvalue weighted by Crippen LogP contribution is 2.33. The molecule has 4 nitrogen and oxygen atoms in total. The molecule has 90 valence electrons. The summed E-state index contributed by atoms with van der Waals surface area (Å²) < 4.78 is 27.1. The Morgan fingerprint density at radius 1 is 1.31 bits per heavy atom. The van der Waals surface area contributed by atoms with E-state index in [0.717, 1.165) is 0 Å². The summed E-state index contributed by atoms with van der Waals surface area (Å²) in [6, 6.07) is 3.06. The van der Waals surface area contributed by atoms with E-state index in [1.165, 1.54) is 6.07 Å². The Hall–Kier alpha value is -0.0100. The van der Waals surface area contributed by atoms with E-state index in [-0.39, 0.29) is 12.4 Å². The maximum absolute atomic E-state index is 10.7. The molecule has 1 rings (SSSR count). The van der Waals surface area contributed by atoms with Crippen LogP contribution in [0.3, 0.4) is 0 Å². The average Bonchev–Trinajstić information content (AvgIpc) is 2.11. The summed E-state index contributed by atoms with van der Waals surface area (Å²) in [4.78, 5) is 0. The molecule has 8 heteroatoms. The standard InChI is InChI=1S/C8H8BrCl2NO3S/c9-5-3-7(11)8(4-6(5)10)15-1-2-16(12,13)14/h3-4H,1-2H2,(H2,12,13,14). The summed E-state index contributed by atoms with van der Waals surface area (Å²) in [5.74, 6) is 0.0373. The molecule has 0 aromatic heterocycles. The van der Waals surface area contributed by atoms with Gasteiger partial charge < -0.3 is 4.74 Å². The van der Waals surface area contributed by atoms with Crippen LogP contribution in [-0.4, -0.2) is 20.8 Å². The van der Waals surface area contributed by atoms with Crippen LogP contribution in [0.1, 0.15) is 0 Å². The molecule has 0 bridgehead atoms. The van der Waals surface area contributed by atoms with Gasteiger partial charge in [-0.2, -0.15) is 0 Å². The molecule has 0 saturated heterocycles. The Bertz CT molecular complexity index is 492. The number of ether oxygens (including phenoxy) is 1. The van der Waals surface area contributed by atoms with E-state index in [1.807, 2.05) is 0 Å². The highest BCUT2D eigenvalue weighted by molar-refractivity contribution is 9.10. The number of benzene rings is 1. The molecule has 0 heterocycles. The maximum atomic E-state index is 10.7. The molecular formula is C8H8BrCl2NO3S. The van der Waals surface area contributed by atoms with Crippen LogP contribution in [0.4, 0.5) is 0 Å². The van der Waals surface area contributed by atoms with Crippen molar-refractivity contribution in [3.05, 3.63) is 26.7 Å². The van der Waals surface area contributed by atoms with Crippen molar-refractivity contribution < 1.29 is 13.2 Å². The lowest BCUT2D eigenvalue weighted by Gasteiger charge is -2.08. The lowest BCUT2D eigenvalue weighted by molar-refractivity contribution is 0.341. The normalized spacial score (nSPS) is 11.5. The van der Waals surface area contributed by atoms with Gasteiger partial charge in [0.2, 0.25) is 10.0 Å². The van der Waals surface area contributed by atoms with Crippen molar-refractivity contribution in [2.75, 3.05) is 12.4 Å². The van der Waals surface area contributed by atoms with Crippen LogP contribution in [0.5, 0.6) is 5.75 Å². The molecule has 0 spiro atoms. The summed E-state index contributed by atoms with van der Waals surface area (Å²) in [5.41, 5.74) is 0. The smallest absolute Gasteiger partial charge is 0.212 e. The van der Waals surface area contributed by atoms with Gasteiger partial charge in [-0.15, -0.1) is 0 Å². The van der Waals surface area contributed by atoms with E-state index < -0.39 is 10.0 Å². The Balaban J connectivity index is 2.71. The number of hydrogen-bond donors (Lipinski definition) is 1. The molecule has 0 aliphatic carbocycles. The van der Waals surface area contributed by atoms with Gasteiger partial charge in [0, 0.05) is 10.5 Å². The fourth-order valence-corrected chi connectivity index (χ4v) is 2.05. The Kier molecular flexibility index (Phi) is 4.88. The second-order valence-electron chi connectivity index (χ2n) is 2.91. The zero-order valence-corrected chi connectivity index (χ0v) is 11.8. The summed E-state index contributed by atoms with van der Waals surface area (Å²) in [6.45, 7) is -0.0729. The monoisotopic (exact) mass is 347 g/mol. The lowest BCUT2D eigenvalue weighted by atomic mass is 10.3. The number of hydrogen-bond acceptors (Lipinski definition) is 3. The molecule has 0 saturated carbocycles. The molecule has 0 unspecified atom stereocenters. The van der Waals surface area contributed by atoms with Crippen molar-refractivity contribution in [3.8, 4) is 5.75 Å². The Labute approximate surface area is 112 Å². The van der Waals surface area contributed by atoms with Gasteiger partial charge in [-0.3, -0.25) is 0 Å². The number of halogens is 3. The van der Waals surface area contributed by atoms with Crippen LogP contribution in [-0.2, 0) is 10.0 Å². The largest absolute Gasteiger partial charge is 0.491 e. The van der Waals surface area contributed by atoms with E-state index in [4.69, 9.17) is 33.1 Å². The molecule has 0 fully saturated rings. The van der Waals surface area contributed by atoms with Gasteiger partial charge in [-0.25, -0.2) is 13.6 Å². The molecule has 1 aromatic rings. The number of nitrogens with two attached hydrogens (primary N) is 1. The van der Waals surface area contributed by atoms with Crippen LogP contribution in [0.25, 0.3) is 0 Å². The van der Waals surface area contributed by atoms with E-state index in [2.05, 4.69) is 15.9 Å². The SMILES string of the molecule is NS(=O)(=O)CCOc1cc(Cl)c(Br)cc1Cl. The minimum absolute atomic E-state index is 0.0729. The second-order valence-corrected chi connectivity index (χ2v) is 6.31. The van der Waals surface area contributed by atoms with E-state index in [1.54, 1.807) is 6.07 Å². The quantitative estimate of drug-likeness (QED) is 0.849. The van der Waals surface area contributed by atoms with Crippen molar-refractivity contribution >= 4 is 49.2 Å².